The average Bonchev–Trinajstić information content (AvgIpc) is 3.45. The van der Waals surface area contributed by atoms with Crippen molar-refractivity contribution >= 4 is 29.9 Å². The Balaban J connectivity index is 0.00000225. The maximum atomic E-state index is 5.47. The molecule has 6 heteroatoms. The molecule has 5 nitrogen and oxygen atoms in total. The molecule has 0 amide bonds. The zero-order chi connectivity index (χ0) is 18.3. The molecular weight excluding hydrogens is 463 g/mol. The molecule has 1 N–H and O–H groups in total. The van der Waals surface area contributed by atoms with Crippen LogP contribution in [-0.4, -0.2) is 61.1 Å². The predicted octanol–water partition coefficient (Wildman–Crippen LogP) is 4.14. The molecule has 0 aromatic carbocycles. The Kier molecular flexibility index (Phi) is 8.96. The second kappa shape index (κ2) is 11.4. The molecule has 1 unspecified atom stereocenters. The van der Waals surface area contributed by atoms with Crippen LogP contribution in [0.15, 0.2) is 27.8 Å². The van der Waals surface area contributed by atoms with E-state index in [1.807, 2.05) is 12.1 Å². The smallest absolute Gasteiger partial charge is 0.194 e. The zero-order valence-corrected chi connectivity index (χ0v) is 19.5. The van der Waals surface area contributed by atoms with Gasteiger partial charge in [-0.15, -0.1) is 24.0 Å². The number of halogens is 1. The fraction of sp³-hybridized carbons (Fsp3) is 0.773. The lowest BCUT2D eigenvalue weighted by Gasteiger charge is -2.29. The SMILES string of the molecule is I.c1coc(CCN=C(NC2CCCCC2)N2CCC(CN3CCCC3)C2)c1. The summed E-state index contributed by atoms with van der Waals surface area (Å²) in [4.78, 5) is 10.2. The third-order valence-electron chi connectivity index (χ3n) is 6.44. The molecule has 158 valence electrons. The Morgan fingerprint density at radius 2 is 1.89 bits per heavy atom. The topological polar surface area (TPSA) is 44.0 Å². The molecule has 0 spiro atoms. The van der Waals surface area contributed by atoms with Crippen LogP contribution in [0.5, 0.6) is 0 Å². The van der Waals surface area contributed by atoms with Crippen molar-refractivity contribution in [1.29, 1.82) is 0 Å². The van der Waals surface area contributed by atoms with E-state index in [1.54, 1.807) is 6.26 Å². The van der Waals surface area contributed by atoms with Gasteiger partial charge < -0.3 is 19.5 Å². The standard InChI is InChI=1S/C22H36N4O.HI/c1-2-7-20(8-3-1)24-22(23-12-10-21-9-6-16-27-21)26-15-11-19(18-26)17-25-13-4-5-14-25;/h6,9,16,19-20H,1-5,7-8,10-15,17-18H2,(H,23,24);1H. The lowest BCUT2D eigenvalue weighted by molar-refractivity contribution is 0.280. The van der Waals surface area contributed by atoms with Crippen molar-refractivity contribution in [1.82, 2.24) is 15.1 Å². The van der Waals surface area contributed by atoms with Crippen molar-refractivity contribution < 1.29 is 4.42 Å². The first kappa shape index (κ1) is 21.9. The van der Waals surface area contributed by atoms with Gasteiger partial charge in [0, 0.05) is 38.6 Å². The normalized spacial score (nSPS) is 24.5. The third kappa shape index (κ3) is 6.37. The Bertz CT molecular complexity index is 579. The van der Waals surface area contributed by atoms with E-state index in [0.717, 1.165) is 43.7 Å². The molecule has 1 aromatic heterocycles. The maximum absolute atomic E-state index is 5.47. The number of likely N-dealkylation sites (tertiary alicyclic amines) is 2. The van der Waals surface area contributed by atoms with Crippen LogP contribution in [0.3, 0.4) is 0 Å². The minimum absolute atomic E-state index is 0. The van der Waals surface area contributed by atoms with Gasteiger partial charge in [0.25, 0.3) is 0 Å². The van der Waals surface area contributed by atoms with E-state index in [-0.39, 0.29) is 24.0 Å². The number of hydrogen-bond donors (Lipinski definition) is 1. The van der Waals surface area contributed by atoms with Crippen molar-refractivity contribution in [2.45, 2.75) is 63.8 Å². The second-order valence-corrected chi connectivity index (χ2v) is 8.62. The molecule has 0 bridgehead atoms. The molecular formula is C22H37IN4O. The third-order valence-corrected chi connectivity index (χ3v) is 6.44. The van der Waals surface area contributed by atoms with Gasteiger partial charge in [-0.3, -0.25) is 4.99 Å². The Labute approximate surface area is 187 Å². The first-order valence-corrected chi connectivity index (χ1v) is 11.2. The molecule has 4 rings (SSSR count). The number of rotatable bonds is 6. The number of guanidine groups is 1. The van der Waals surface area contributed by atoms with E-state index >= 15 is 0 Å². The highest BCUT2D eigenvalue weighted by Crippen LogP contribution is 2.22. The molecule has 3 aliphatic rings. The van der Waals surface area contributed by atoms with Gasteiger partial charge in [-0.1, -0.05) is 19.3 Å². The summed E-state index contributed by atoms with van der Waals surface area (Å²) in [5, 5.41) is 3.82. The first-order valence-electron chi connectivity index (χ1n) is 11.2. The molecule has 1 aromatic rings. The van der Waals surface area contributed by atoms with Crippen LogP contribution in [0.2, 0.25) is 0 Å². The van der Waals surface area contributed by atoms with Crippen LogP contribution in [0.25, 0.3) is 0 Å². The van der Waals surface area contributed by atoms with Gasteiger partial charge in [0.05, 0.1) is 6.26 Å². The van der Waals surface area contributed by atoms with Crippen molar-refractivity contribution in [3.05, 3.63) is 24.2 Å². The maximum Gasteiger partial charge on any atom is 0.194 e. The van der Waals surface area contributed by atoms with Crippen LogP contribution in [0.4, 0.5) is 0 Å². The zero-order valence-electron chi connectivity index (χ0n) is 17.2. The van der Waals surface area contributed by atoms with E-state index in [4.69, 9.17) is 9.41 Å². The van der Waals surface area contributed by atoms with E-state index in [1.165, 1.54) is 71.0 Å². The number of furan rings is 1. The lowest BCUT2D eigenvalue weighted by Crippen LogP contribution is -2.46. The summed E-state index contributed by atoms with van der Waals surface area (Å²) in [6, 6.07) is 4.62. The number of aliphatic imine (C=N–C) groups is 1. The first-order chi connectivity index (χ1) is 13.4. The molecule has 3 heterocycles. The largest absolute Gasteiger partial charge is 0.469 e. The van der Waals surface area contributed by atoms with Gasteiger partial charge in [-0.2, -0.15) is 0 Å². The minimum atomic E-state index is 0. The van der Waals surface area contributed by atoms with Crippen LogP contribution >= 0.6 is 24.0 Å². The van der Waals surface area contributed by atoms with Gasteiger partial charge in [0.15, 0.2) is 5.96 Å². The van der Waals surface area contributed by atoms with Crippen molar-refractivity contribution in [2.75, 3.05) is 39.3 Å². The molecule has 2 saturated heterocycles. The van der Waals surface area contributed by atoms with Crippen molar-refractivity contribution in [3.63, 3.8) is 0 Å². The summed E-state index contributed by atoms with van der Waals surface area (Å²) in [7, 11) is 0. The summed E-state index contributed by atoms with van der Waals surface area (Å²) < 4.78 is 5.47. The molecule has 0 radical (unpaired) electrons. The number of nitrogens with zero attached hydrogens (tertiary/aromatic N) is 3. The summed E-state index contributed by atoms with van der Waals surface area (Å²) in [6.45, 7) is 7.00. The molecule has 1 saturated carbocycles. The summed E-state index contributed by atoms with van der Waals surface area (Å²) in [5.74, 6) is 2.98. The fourth-order valence-corrected chi connectivity index (χ4v) is 4.90. The van der Waals surface area contributed by atoms with Gasteiger partial charge >= 0.3 is 0 Å². The quantitative estimate of drug-likeness (QED) is 0.363. The van der Waals surface area contributed by atoms with Gasteiger partial charge in [0.2, 0.25) is 0 Å². The van der Waals surface area contributed by atoms with E-state index in [2.05, 4.69) is 15.1 Å². The van der Waals surface area contributed by atoms with Crippen LogP contribution in [0, 0.1) is 5.92 Å². The highest BCUT2D eigenvalue weighted by molar-refractivity contribution is 14.0. The van der Waals surface area contributed by atoms with Crippen LogP contribution in [0.1, 0.15) is 57.1 Å². The number of nitrogens with one attached hydrogen (secondary N) is 1. The second-order valence-electron chi connectivity index (χ2n) is 8.62. The predicted molar refractivity (Wildman–Crippen MR) is 125 cm³/mol. The van der Waals surface area contributed by atoms with Crippen molar-refractivity contribution in [2.24, 2.45) is 10.9 Å². The van der Waals surface area contributed by atoms with Gasteiger partial charge in [0.1, 0.15) is 5.76 Å². The highest BCUT2D eigenvalue weighted by Gasteiger charge is 2.28. The average molecular weight is 500 g/mol. The number of hydrogen-bond acceptors (Lipinski definition) is 3. The summed E-state index contributed by atoms with van der Waals surface area (Å²) in [6.07, 6.45) is 13.4. The van der Waals surface area contributed by atoms with E-state index < -0.39 is 0 Å². The molecule has 2 aliphatic heterocycles. The lowest BCUT2D eigenvalue weighted by atomic mass is 9.96. The van der Waals surface area contributed by atoms with Crippen LogP contribution in [-0.2, 0) is 6.42 Å². The summed E-state index contributed by atoms with van der Waals surface area (Å²) >= 11 is 0. The van der Waals surface area contributed by atoms with Crippen LogP contribution < -0.4 is 5.32 Å². The van der Waals surface area contributed by atoms with E-state index in [0.29, 0.717) is 6.04 Å². The van der Waals surface area contributed by atoms with Gasteiger partial charge in [-0.05, 0) is 63.2 Å². The van der Waals surface area contributed by atoms with Crippen molar-refractivity contribution in [3.8, 4) is 0 Å². The molecule has 28 heavy (non-hydrogen) atoms. The summed E-state index contributed by atoms with van der Waals surface area (Å²) in [5.41, 5.74) is 0. The molecule has 1 atom stereocenters. The molecule has 1 aliphatic carbocycles. The van der Waals surface area contributed by atoms with E-state index in [9.17, 15) is 0 Å². The van der Waals surface area contributed by atoms with Gasteiger partial charge in [-0.25, -0.2) is 0 Å². The minimum Gasteiger partial charge on any atom is -0.469 e. The Morgan fingerprint density at radius 1 is 1.07 bits per heavy atom. The molecule has 3 fully saturated rings. The Hall–Kier alpha value is -0.760. The monoisotopic (exact) mass is 500 g/mol. The fourth-order valence-electron chi connectivity index (χ4n) is 4.90. The Morgan fingerprint density at radius 3 is 2.64 bits per heavy atom. The highest BCUT2D eigenvalue weighted by atomic mass is 127.